The molecule has 18 heavy (non-hydrogen) atoms. The number of fused-ring (bicyclic) bond motifs is 1. The predicted octanol–water partition coefficient (Wildman–Crippen LogP) is 3.04. The van der Waals surface area contributed by atoms with Crippen molar-refractivity contribution in [1.29, 1.82) is 0 Å². The minimum Gasteiger partial charge on any atom is -0.330 e. The van der Waals surface area contributed by atoms with E-state index in [0.717, 1.165) is 24.9 Å². The summed E-state index contributed by atoms with van der Waals surface area (Å²) in [6.07, 6.45) is 7.26. The fourth-order valence-electron chi connectivity index (χ4n) is 2.62. The van der Waals surface area contributed by atoms with Gasteiger partial charge in [0.2, 0.25) is 0 Å². The zero-order valence-corrected chi connectivity index (χ0v) is 10.8. The highest BCUT2D eigenvalue weighted by atomic mass is 15.1. The summed E-state index contributed by atoms with van der Waals surface area (Å²) in [5.41, 5.74) is 8.00. The van der Waals surface area contributed by atoms with E-state index in [9.17, 15) is 0 Å². The lowest BCUT2D eigenvalue weighted by molar-refractivity contribution is 0.631. The van der Waals surface area contributed by atoms with E-state index in [-0.39, 0.29) is 0 Å². The number of benzene rings is 1. The summed E-state index contributed by atoms with van der Waals surface area (Å²) in [5, 5.41) is 0. The summed E-state index contributed by atoms with van der Waals surface area (Å²) in [4.78, 5) is 4.80. The second kappa shape index (κ2) is 5.11. The van der Waals surface area contributed by atoms with Gasteiger partial charge in [-0.05, 0) is 44.4 Å². The Bertz CT molecular complexity index is 526. The van der Waals surface area contributed by atoms with Gasteiger partial charge in [-0.2, -0.15) is 0 Å². The monoisotopic (exact) mass is 243 g/mol. The van der Waals surface area contributed by atoms with Crippen LogP contribution in [0.3, 0.4) is 0 Å². The van der Waals surface area contributed by atoms with Crippen molar-refractivity contribution in [2.45, 2.75) is 44.6 Å². The first-order valence-electron chi connectivity index (χ1n) is 7.06. The fraction of sp³-hybridized carbons (Fsp3) is 0.533. The van der Waals surface area contributed by atoms with Crippen molar-refractivity contribution in [3.8, 4) is 0 Å². The van der Waals surface area contributed by atoms with E-state index in [1.165, 1.54) is 37.0 Å². The van der Waals surface area contributed by atoms with E-state index < -0.39 is 0 Å². The Hall–Kier alpha value is -1.35. The molecule has 2 aromatic rings. The molecule has 0 bridgehead atoms. The molecule has 0 atom stereocenters. The summed E-state index contributed by atoms with van der Waals surface area (Å²) < 4.78 is 2.47. The van der Waals surface area contributed by atoms with E-state index in [1.807, 2.05) is 0 Å². The highest BCUT2D eigenvalue weighted by Gasteiger charge is 2.27. The van der Waals surface area contributed by atoms with Gasteiger partial charge in [-0.25, -0.2) is 4.98 Å². The maximum absolute atomic E-state index is 5.54. The van der Waals surface area contributed by atoms with Gasteiger partial charge in [0.25, 0.3) is 0 Å². The Labute approximate surface area is 108 Å². The van der Waals surface area contributed by atoms with Crippen LogP contribution in [0.2, 0.25) is 0 Å². The minimum absolute atomic E-state index is 0.710. The highest BCUT2D eigenvalue weighted by molar-refractivity contribution is 5.76. The van der Waals surface area contributed by atoms with Crippen LogP contribution in [0.5, 0.6) is 0 Å². The van der Waals surface area contributed by atoms with Crippen LogP contribution in [0.15, 0.2) is 24.3 Å². The van der Waals surface area contributed by atoms with Gasteiger partial charge in [0.05, 0.1) is 11.0 Å². The average Bonchev–Trinajstić information content (AvgIpc) is 3.16. The van der Waals surface area contributed by atoms with Crippen LogP contribution in [0.1, 0.15) is 44.0 Å². The third-order valence-electron chi connectivity index (χ3n) is 3.69. The van der Waals surface area contributed by atoms with Gasteiger partial charge in [-0.1, -0.05) is 18.6 Å². The number of imidazole rings is 1. The SMILES string of the molecule is NCCCCCc1nc2ccccc2n1C1CC1. The van der Waals surface area contributed by atoms with Crippen LogP contribution in [-0.2, 0) is 6.42 Å². The molecule has 1 aromatic heterocycles. The molecular weight excluding hydrogens is 222 g/mol. The molecule has 1 aliphatic carbocycles. The number of nitrogens with zero attached hydrogens (tertiary/aromatic N) is 2. The van der Waals surface area contributed by atoms with Crippen molar-refractivity contribution >= 4 is 11.0 Å². The van der Waals surface area contributed by atoms with E-state index in [4.69, 9.17) is 10.7 Å². The lowest BCUT2D eigenvalue weighted by Crippen LogP contribution is -2.03. The van der Waals surface area contributed by atoms with E-state index in [0.29, 0.717) is 6.04 Å². The van der Waals surface area contributed by atoms with Gasteiger partial charge in [0.1, 0.15) is 5.82 Å². The maximum Gasteiger partial charge on any atom is 0.110 e. The Morgan fingerprint density at radius 1 is 1.17 bits per heavy atom. The van der Waals surface area contributed by atoms with Crippen molar-refractivity contribution < 1.29 is 0 Å². The van der Waals surface area contributed by atoms with Crippen molar-refractivity contribution in [3.63, 3.8) is 0 Å². The van der Waals surface area contributed by atoms with Crippen LogP contribution < -0.4 is 5.73 Å². The normalized spacial score (nSPS) is 15.4. The molecule has 1 heterocycles. The number of rotatable bonds is 6. The fourth-order valence-corrected chi connectivity index (χ4v) is 2.62. The van der Waals surface area contributed by atoms with Crippen molar-refractivity contribution in [3.05, 3.63) is 30.1 Å². The molecule has 3 nitrogen and oxygen atoms in total. The predicted molar refractivity (Wildman–Crippen MR) is 74.6 cm³/mol. The van der Waals surface area contributed by atoms with E-state index in [2.05, 4.69) is 28.8 Å². The molecule has 0 spiro atoms. The van der Waals surface area contributed by atoms with Crippen LogP contribution in [-0.4, -0.2) is 16.1 Å². The van der Waals surface area contributed by atoms with Crippen molar-refractivity contribution in [1.82, 2.24) is 9.55 Å². The molecule has 3 rings (SSSR count). The zero-order valence-electron chi connectivity index (χ0n) is 10.8. The summed E-state index contributed by atoms with van der Waals surface area (Å²) >= 11 is 0. The summed E-state index contributed by atoms with van der Waals surface area (Å²) in [5.74, 6) is 1.27. The van der Waals surface area contributed by atoms with Gasteiger partial charge in [0.15, 0.2) is 0 Å². The van der Waals surface area contributed by atoms with Crippen molar-refractivity contribution in [2.24, 2.45) is 5.73 Å². The molecule has 0 saturated heterocycles. The Morgan fingerprint density at radius 3 is 2.78 bits per heavy atom. The van der Waals surface area contributed by atoms with Gasteiger partial charge >= 0.3 is 0 Å². The average molecular weight is 243 g/mol. The topological polar surface area (TPSA) is 43.8 Å². The molecule has 1 saturated carbocycles. The lowest BCUT2D eigenvalue weighted by atomic mass is 10.2. The Balaban J connectivity index is 1.83. The molecular formula is C15H21N3. The van der Waals surface area contributed by atoms with Gasteiger partial charge in [-0.15, -0.1) is 0 Å². The molecule has 3 heteroatoms. The number of nitrogens with two attached hydrogens (primary N) is 1. The summed E-state index contributed by atoms with van der Waals surface area (Å²) in [6, 6.07) is 9.22. The first-order chi connectivity index (χ1) is 8.90. The Morgan fingerprint density at radius 2 is 2.00 bits per heavy atom. The molecule has 0 unspecified atom stereocenters. The highest BCUT2D eigenvalue weighted by Crippen LogP contribution is 2.38. The second-order valence-electron chi connectivity index (χ2n) is 5.22. The molecule has 1 aromatic carbocycles. The van der Waals surface area contributed by atoms with Crippen LogP contribution in [0.4, 0.5) is 0 Å². The summed E-state index contributed by atoms with van der Waals surface area (Å²) in [7, 11) is 0. The maximum atomic E-state index is 5.54. The molecule has 2 N–H and O–H groups in total. The van der Waals surface area contributed by atoms with Crippen LogP contribution in [0, 0.1) is 0 Å². The quantitative estimate of drug-likeness (QED) is 0.792. The summed E-state index contributed by atoms with van der Waals surface area (Å²) in [6.45, 7) is 0.805. The number of aromatic nitrogens is 2. The second-order valence-corrected chi connectivity index (χ2v) is 5.22. The van der Waals surface area contributed by atoms with E-state index >= 15 is 0 Å². The first kappa shape index (κ1) is 11.7. The number of aryl methyl sites for hydroxylation is 1. The zero-order chi connectivity index (χ0) is 12.4. The molecule has 0 radical (unpaired) electrons. The molecule has 0 aliphatic heterocycles. The van der Waals surface area contributed by atoms with E-state index in [1.54, 1.807) is 0 Å². The smallest absolute Gasteiger partial charge is 0.110 e. The number of hydrogen-bond acceptors (Lipinski definition) is 2. The molecule has 1 fully saturated rings. The van der Waals surface area contributed by atoms with Crippen LogP contribution >= 0.6 is 0 Å². The molecule has 0 amide bonds. The van der Waals surface area contributed by atoms with Crippen molar-refractivity contribution in [2.75, 3.05) is 6.54 Å². The third-order valence-corrected chi connectivity index (χ3v) is 3.69. The first-order valence-corrected chi connectivity index (χ1v) is 7.06. The molecule has 96 valence electrons. The third kappa shape index (κ3) is 2.27. The minimum atomic E-state index is 0.710. The van der Waals surface area contributed by atoms with Gasteiger partial charge < -0.3 is 10.3 Å². The van der Waals surface area contributed by atoms with Gasteiger partial charge in [0, 0.05) is 12.5 Å². The lowest BCUT2D eigenvalue weighted by Gasteiger charge is -2.07. The largest absolute Gasteiger partial charge is 0.330 e. The number of hydrogen-bond donors (Lipinski definition) is 1. The molecule has 1 aliphatic rings. The number of para-hydroxylation sites is 2. The van der Waals surface area contributed by atoms with Crippen LogP contribution in [0.25, 0.3) is 11.0 Å². The Kier molecular flexibility index (Phi) is 3.33. The number of unbranched alkanes of at least 4 members (excludes halogenated alkanes) is 2. The van der Waals surface area contributed by atoms with Gasteiger partial charge in [-0.3, -0.25) is 0 Å². The standard InChI is InChI=1S/C15H21N3/c16-11-5-1-2-8-15-17-13-6-3-4-7-14(13)18(15)12-9-10-12/h3-4,6-7,12H,1-2,5,8-11,16H2.